The van der Waals surface area contributed by atoms with E-state index in [1.165, 1.54) is 24.5 Å². The number of carbonyl (C=O) groups is 3. The Bertz CT molecular complexity index is 1130. The van der Waals surface area contributed by atoms with Gasteiger partial charge >= 0.3 is 5.97 Å². The Hall–Kier alpha value is -2.42. The lowest BCUT2D eigenvalue weighted by molar-refractivity contribution is -0.436. The van der Waals surface area contributed by atoms with Crippen molar-refractivity contribution in [2.24, 2.45) is 34.0 Å². The van der Waals surface area contributed by atoms with Gasteiger partial charge in [-0.25, -0.2) is 4.79 Å². The van der Waals surface area contributed by atoms with Gasteiger partial charge < -0.3 is 19.7 Å². The summed E-state index contributed by atoms with van der Waals surface area (Å²) in [5.74, 6) is -5.20. The van der Waals surface area contributed by atoms with Gasteiger partial charge in [0.15, 0.2) is 5.78 Å². The summed E-state index contributed by atoms with van der Waals surface area (Å²) in [6.07, 6.45) is 2.21. The maximum absolute atomic E-state index is 14.0. The zero-order chi connectivity index (χ0) is 24.3. The highest BCUT2D eigenvalue weighted by Crippen LogP contribution is 2.76. The monoisotopic (exact) mass is 467 g/mol. The lowest BCUT2D eigenvalue weighted by Crippen LogP contribution is -2.85. The summed E-state index contributed by atoms with van der Waals surface area (Å²) in [7, 11) is 0. The molecule has 7 rings (SSSR count). The quantitative estimate of drug-likeness (QED) is 0.499. The molecule has 34 heavy (non-hydrogen) atoms. The second-order valence-electron chi connectivity index (χ2n) is 11.4. The number of ketones is 2. The van der Waals surface area contributed by atoms with E-state index in [4.69, 9.17) is 9.47 Å². The van der Waals surface area contributed by atoms with E-state index in [-0.39, 0.29) is 23.5 Å². The number of aromatic nitrogens is 1. The number of aliphatic hydroxyl groups excluding tert-OH is 1. The molecule has 2 spiro atoms. The Morgan fingerprint density at radius 1 is 1.24 bits per heavy atom. The highest BCUT2D eigenvalue weighted by Gasteiger charge is 2.88. The van der Waals surface area contributed by atoms with Crippen molar-refractivity contribution >= 4 is 17.5 Å². The second-order valence-corrected chi connectivity index (χ2v) is 11.4. The molecule has 1 aromatic heterocycles. The van der Waals surface area contributed by atoms with E-state index in [2.05, 4.69) is 11.6 Å². The average molecular weight is 468 g/mol. The fourth-order valence-electron chi connectivity index (χ4n) is 8.44. The molecule has 4 aliphatic carbocycles. The molecular weight excluding hydrogens is 438 g/mol. The summed E-state index contributed by atoms with van der Waals surface area (Å²) >= 11 is 0. The van der Waals surface area contributed by atoms with Crippen LogP contribution in [0.3, 0.4) is 0 Å². The molecule has 8 nitrogen and oxygen atoms in total. The van der Waals surface area contributed by atoms with Gasteiger partial charge in [0.2, 0.25) is 5.79 Å². The molecule has 3 heterocycles. The zero-order valence-corrected chi connectivity index (χ0v) is 19.3. The van der Waals surface area contributed by atoms with Gasteiger partial charge in [0.25, 0.3) is 0 Å². The third-order valence-electron chi connectivity index (χ3n) is 9.77. The maximum atomic E-state index is 14.0. The molecule has 8 atom stereocenters. The van der Waals surface area contributed by atoms with Crippen LogP contribution in [-0.4, -0.2) is 57.3 Å². The summed E-state index contributed by atoms with van der Waals surface area (Å²) in [6.45, 7) is 7.93. The smallest absolute Gasteiger partial charge is 0.338 e. The topological polar surface area (TPSA) is 123 Å². The van der Waals surface area contributed by atoms with Crippen molar-refractivity contribution in [2.75, 3.05) is 6.61 Å². The number of carbonyl (C=O) groups excluding carboxylic acids is 3. The molecule has 0 unspecified atom stereocenters. The summed E-state index contributed by atoms with van der Waals surface area (Å²) < 4.78 is 11.9. The number of esters is 1. The molecule has 180 valence electrons. The Balaban J connectivity index is 1.55. The van der Waals surface area contributed by atoms with Crippen molar-refractivity contribution in [1.82, 2.24) is 4.98 Å². The number of aliphatic hydroxyl groups is 2. The molecule has 0 aromatic carbocycles. The van der Waals surface area contributed by atoms with Crippen LogP contribution in [0.5, 0.6) is 0 Å². The Morgan fingerprint density at radius 2 is 1.94 bits per heavy atom. The summed E-state index contributed by atoms with van der Waals surface area (Å²) in [5, 5.41) is 23.8. The van der Waals surface area contributed by atoms with Crippen LogP contribution in [0.4, 0.5) is 0 Å². The first-order chi connectivity index (χ1) is 16.0. The first-order valence-corrected chi connectivity index (χ1v) is 12.0. The second kappa shape index (κ2) is 6.62. The van der Waals surface area contributed by atoms with Gasteiger partial charge in [0, 0.05) is 30.7 Å². The van der Waals surface area contributed by atoms with Crippen LogP contribution < -0.4 is 0 Å². The van der Waals surface area contributed by atoms with Crippen LogP contribution >= 0.6 is 0 Å². The minimum absolute atomic E-state index is 0.0510. The number of ether oxygens (including phenoxy) is 2. The van der Waals surface area contributed by atoms with Gasteiger partial charge in [-0.2, -0.15) is 0 Å². The minimum Gasteiger partial charge on any atom is -0.457 e. The predicted molar refractivity (Wildman–Crippen MR) is 117 cm³/mol. The van der Waals surface area contributed by atoms with Crippen LogP contribution in [-0.2, 0) is 19.1 Å². The highest BCUT2D eigenvalue weighted by molar-refractivity contribution is 6.06. The molecule has 0 amide bonds. The molecule has 6 aliphatic rings. The fourth-order valence-corrected chi connectivity index (χ4v) is 8.44. The summed E-state index contributed by atoms with van der Waals surface area (Å²) in [5.41, 5.74) is -2.87. The van der Waals surface area contributed by atoms with E-state index in [0.717, 1.165) is 0 Å². The fraction of sp³-hybridized carbons (Fsp3) is 0.615. The van der Waals surface area contributed by atoms with Crippen LogP contribution in [0.1, 0.15) is 49.9 Å². The first kappa shape index (κ1) is 22.1. The average Bonchev–Trinajstić information content (AvgIpc) is 2.93. The first-order valence-electron chi connectivity index (χ1n) is 12.0. The van der Waals surface area contributed by atoms with Gasteiger partial charge in [-0.1, -0.05) is 20.4 Å². The molecule has 2 saturated heterocycles. The predicted octanol–water partition coefficient (Wildman–Crippen LogP) is 1.84. The van der Waals surface area contributed by atoms with Crippen LogP contribution in [0.25, 0.3) is 0 Å². The standard InChI is InChI=1S/C26H29NO7/c1-13-15-4-5-16-24-12-33-26(32,20(30)18(24)23(2,3)9-6-17(24)28)25(16,19(13)29)21(15)34-22(31)14-7-10-27-11-8-14/h7-8,10-11,15-16,18,20-21,30,32H,1,4-6,9,12H2,2-3H3/t15-,16-,18+,20-,21+,24+,25-,26-/m0/s1. The van der Waals surface area contributed by atoms with Crippen molar-refractivity contribution < 1.29 is 34.1 Å². The molecule has 2 aliphatic heterocycles. The number of fused-ring (bicyclic) bond motifs is 2. The highest BCUT2D eigenvalue weighted by atomic mass is 16.6. The zero-order valence-electron chi connectivity index (χ0n) is 19.3. The van der Waals surface area contributed by atoms with Crippen LogP contribution in [0.15, 0.2) is 36.7 Å². The SMILES string of the molecule is C=C1C(=O)[C@]23[C@H](OC(=O)c4ccncc4)[C@H]1CC[C@H]2[C@@]12CO[C@@]3(O)[C@@H](O)[C@@H]1C(C)(C)CCC2=O. The van der Waals surface area contributed by atoms with Gasteiger partial charge in [0.05, 0.1) is 17.6 Å². The van der Waals surface area contributed by atoms with Crippen molar-refractivity contribution in [2.45, 2.75) is 57.5 Å². The van der Waals surface area contributed by atoms with Gasteiger partial charge in [0.1, 0.15) is 23.4 Å². The summed E-state index contributed by atoms with van der Waals surface area (Å²) in [4.78, 5) is 44.7. The molecule has 8 heteroatoms. The lowest BCUT2D eigenvalue weighted by atomic mass is 9.36. The van der Waals surface area contributed by atoms with Crippen molar-refractivity contribution in [1.29, 1.82) is 0 Å². The number of Topliss-reactive ketones (excluding diaryl/α,β-unsaturated/α-hetero) is 2. The largest absolute Gasteiger partial charge is 0.457 e. The lowest BCUT2D eigenvalue weighted by Gasteiger charge is -2.72. The van der Waals surface area contributed by atoms with E-state index in [1.807, 2.05) is 13.8 Å². The number of nitrogens with zero attached hydrogens (tertiary/aromatic N) is 1. The molecule has 4 saturated carbocycles. The summed E-state index contributed by atoms with van der Waals surface area (Å²) in [6, 6.07) is 3.02. The molecule has 2 N–H and O–H groups in total. The van der Waals surface area contributed by atoms with E-state index in [1.54, 1.807) is 0 Å². The molecule has 1 aromatic rings. The number of hydrogen-bond acceptors (Lipinski definition) is 8. The molecule has 0 radical (unpaired) electrons. The van der Waals surface area contributed by atoms with Crippen LogP contribution in [0, 0.1) is 34.0 Å². The number of pyridine rings is 1. The third-order valence-corrected chi connectivity index (χ3v) is 9.77. The van der Waals surface area contributed by atoms with Gasteiger partial charge in [-0.15, -0.1) is 0 Å². The van der Waals surface area contributed by atoms with E-state index in [0.29, 0.717) is 25.7 Å². The Morgan fingerprint density at radius 3 is 2.65 bits per heavy atom. The molecule has 6 fully saturated rings. The van der Waals surface area contributed by atoms with Crippen molar-refractivity contribution in [3.8, 4) is 0 Å². The minimum atomic E-state index is -2.29. The van der Waals surface area contributed by atoms with E-state index >= 15 is 0 Å². The molecule has 4 bridgehead atoms. The molecular formula is C26H29NO7. The third kappa shape index (κ3) is 2.21. The van der Waals surface area contributed by atoms with Crippen molar-refractivity contribution in [3.05, 3.63) is 42.2 Å². The maximum Gasteiger partial charge on any atom is 0.338 e. The van der Waals surface area contributed by atoms with Crippen LogP contribution in [0.2, 0.25) is 0 Å². The Kier molecular flexibility index (Phi) is 4.30. The van der Waals surface area contributed by atoms with Gasteiger partial charge in [-0.3, -0.25) is 14.6 Å². The Labute approximate surface area is 197 Å². The normalized spacial score (nSPS) is 46.1. The number of hydrogen-bond donors (Lipinski definition) is 2. The van der Waals surface area contributed by atoms with Gasteiger partial charge in [-0.05, 0) is 48.3 Å². The van der Waals surface area contributed by atoms with Crippen molar-refractivity contribution in [3.63, 3.8) is 0 Å². The number of rotatable bonds is 2. The van der Waals surface area contributed by atoms with E-state index in [9.17, 15) is 24.6 Å². The van der Waals surface area contributed by atoms with E-state index < -0.39 is 63.7 Å².